The minimum absolute atomic E-state index is 0.231. The number of hydrogen-bond acceptors (Lipinski definition) is 5. The lowest BCUT2D eigenvalue weighted by atomic mass is 10.1. The first-order valence-corrected chi connectivity index (χ1v) is 8.57. The van der Waals surface area contributed by atoms with Crippen molar-refractivity contribution in [2.24, 2.45) is 0 Å². The number of hydrogen-bond donors (Lipinski definition) is 2. The largest absolute Gasteiger partial charge is 0.397 e. The van der Waals surface area contributed by atoms with Gasteiger partial charge in [0.15, 0.2) is 0 Å². The summed E-state index contributed by atoms with van der Waals surface area (Å²) in [5.74, 6) is 0. The zero-order valence-electron chi connectivity index (χ0n) is 12.7. The molecule has 0 bridgehead atoms. The normalized spacial score (nSPS) is 12.8. The van der Waals surface area contributed by atoms with Crippen LogP contribution in [0.2, 0.25) is 0 Å². The Balaban J connectivity index is 1.93. The molecule has 0 radical (unpaired) electrons. The van der Waals surface area contributed by atoms with Crippen LogP contribution >= 0.6 is 22.7 Å². The number of fused-ring (bicyclic) bond motifs is 1. The van der Waals surface area contributed by atoms with Gasteiger partial charge in [-0.3, -0.25) is 0 Å². The van der Waals surface area contributed by atoms with Gasteiger partial charge in [-0.1, -0.05) is 0 Å². The lowest BCUT2D eigenvalue weighted by Gasteiger charge is -2.17. The minimum Gasteiger partial charge on any atom is -0.397 e. The topological polar surface area (TPSA) is 50.9 Å². The highest BCUT2D eigenvalue weighted by molar-refractivity contribution is 7.18. The van der Waals surface area contributed by atoms with Crippen molar-refractivity contribution in [2.75, 3.05) is 11.1 Å². The van der Waals surface area contributed by atoms with Crippen LogP contribution in [0.25, 0.3) is 10.2 Å². The van der Waals surface area contributed by atoms with Crippen LogP contribution in [0.5, 0.6) is 0 Å². The second kappa shape index (κ2) is 5.31. The molecule has 3 N–H and O–H groups in total. The Labute approximate surface area is 132 Å². The van der Waals surface area contributed by atoms with Gasteiger partial charge in [0.05, 0.1) is 26.6 Å². The Bertz CT molecular complexity index is 801. The van der Waals surface area contributed by atoms with Crippen LogP contribution in [0.3, 0.4) is 0 Å². The van der Waals surface area contributed by atoms with Gasteiger partial charge in [-0.05, 0) is 51.5 Å². The second-order valence-electron chi connectivity index (χ2n) is 5.37. The highest BCUT2D eigenvalue weighted by Gasteiger charge is 2.13. The smallest absolute Gasteiger partial charge is 0.0907 e. The summed E-state index contributed by atoms with van der Waals surface area (Å²) in [5, 5.41) is 4.60. The quantitative estimate of drug-likeness (QED) is 0.665. The van der Waals surface area contributed by atoms with Crippen molar-refractivity contribution in [3.05, 3.63) is 38.5 Å². The molecule has 0 aliphatic carbocycles. The molecule has 0 saturated heterocycles. The number of benzene rings is 1. The summed E-state index contributed by atoms with van der Waals surface area (Å²) < 4.78 is 1.14. The number of thiazole rings is 1. The highest BCUT2D eigenvalue weighted by Crippen LogP contribution is 2.33. The van der Waals surface area contributed by atoms with Crippen LogP contribution in [0, 0.1) is 20.8 Å². The van der Waals surface area contributed by atoms with E-state index in [2.05, 4.69) is 43.2 Å². The average molecular weight is 317 g/mol. The van der Waals surface area contributed by atoms with Crippen molar-refractivity contribution in [1.82, 2.24) is 4.98 Å². The third kappa shape index (κ3) is 2.76. The van der Waals surface area contributed by atoms with E-state index in [4.69, 9.17) is 5.73 Å². The lowest BCUT2D eigenvalue weighted by Crippen LogP contribution is -2.08. The maximum absolute atomic E-state index is 6.18. The third-order valence-corrected chi connectivity index (χ3v) is 5.50. The first-order chi connectivity index (χ1) is 9.94. The van der Waals surface area contributed by atoms with Gasteiger partial charge in [-0.15, -0.1) is 22.7 Å². The van der Waals surface area contributed by atoms with Crippen molar-refractivity contribution in [1.29, 1.82) is 0 Å². The summed E-state index contributed by atoms with van der Waals surface area (Å²) in [7, 11) is 0. The van der Waals surface area contributed by atoms with Gasteiger partial charge in [-0.25, -0.2) is 4.98 Å². The molecule has 0 aliphatic rings. The molecule has 1 unspecified atom stereocenters. The molecule has 5 heteroatoms. The van der Waals surface area contributed by atoms with Crippen molar-refractivity contribution in [3.8, 4) is 0 Å². The van der Waals surface area contributed by atoms with E-state index in [0.717, 1.165) is 26.6 Å². The summed E-state index contributed by atoms with van der Waals surface area (Å²) >= 11 is 3.52. The number of aryl methyl sites for hydroxylation is 3. The van der Waals surface area contributed by atoms with E-state index in [0.29, 0.717) is 0 Å². The fourth-order valence-electron chi connectivity index (χ4n) is 2.62. The number of nitrogens with zero attached hydrogens (tertiary/aromatic N) is 1. The fourth-order valence-corrected chi connectivity index (χ4v) is 4.50. The Kier molecular flexibility index (Phi) is 3.63. The van der Waals surface area contributed by atoms with Gasteiger partial charge in [0.1, 0.15) is 0 Å². The van der Waals surface area contributed by atoms with E-state index in [9.17, 15) is 0 Å². The molecule has 0 fully saturated rings. The number of nitrogen functional groups attached to an aromatic ring is 1. The SMILES string of the molecule is Cc1cc(C(C)Nc2cc3nc(C)sc3cc2N)c(C)s1. The van der Waals surface area contributed by atoms with Crippen LogP contribution in [-0.4, -0.2) is 4.98 Å². The van der Waals surface area contributed by atoms with Crippen LogP contribution in [0.1, 0.15) is 33.3 Å². The molecular weight excluding hydrogens is 298 g/mol. The van der Waals surface area contributed by atoms with Gasteiger partial charge < -0.3 is 11.1 Å². The molecule has 3 aromatic rings. The van der Waals surface area contributed by atoms with Gasteiger partial charge >= 0.3 is 0 Å². The first kappa shape index (κ1) is 14.4. The lowest BCUT2D eigenvalue weighted by molar-refractivity contribution is 0.883. The molecule has 110 valence electrons. The molecule has 0 aliphatic heterocycles. The Morgan fingerprint density at radius 1 is 1.14 bits per heavy atom. The number of rotatable bonds is 3. The van der Waals surface area contributed by atoms with Crippen LogP contribution in [0.15, 0.2) is 18.2 Å². The van der Waals surface area contributed by atoms with Gasteiger partial charge in [0.2, 0.25) is 0 Å². The van der Waals surface area contributed by atoms with Crippen LogP contribution < -0.4 is 11.1 Å². The zero-order chi connectivity index (χ0) is 15.1. The van der Waals surface area contributed by atoms with E-state index < -0.39 is 0 Å². The van der Waals surface area contributed by atoms with Gasteiger partial charge in [-0.2, -0.15) is 0 Å². The Morgan fingerprint density at radius 2 is 1.90 bits per heavy atom. The molecule has 0 saturated carbocycles. The number of nitrogens with two attached hydrogens (primary N) is 1. The summed E-state index contributed by atoms with van der Waals surface area (Å²) in [5.41, 5.74) is 10.3. The minimum atomic E-state index is 0.231. The Morgan fingerprint density at radius 3 is 2.57 bits per heavy atom. The second-order valence-corrected chi connectivity index (χ2v) is 8.07. The standard InChI is InChI=1S/C16H19N3S2/c1-8-5-12(10(3)20-8)9(2)18-14-7-15-16(6-13(14)17)21-11(4)19-15/h5-7,9,18H,17H2,1-4H3. The maximum Gasteiger partial charge on any atom is 0.0907 e. The summed E-state index contributed by atoms with van der Waals surface area (Å²) in [6.45, 7) is 8.51. The van der Waals surface area contributed by atoms with E-state index >= 15 is 0 Å². The van der Waals surface area contributed by atoms with Crippen LogP contribution in [-0.2, 0) is 0 Å². The summed E-state index contributed by atoms with van der Waals surface area (Å²) in [6, 6.07) is 6.55. The highest BCUT2D eigenvalue weighted by atomic mass is 32.1. The molecule has 2 heterocycles. The number of thiophene rings is 1. The average Bonchev–Trinajstić information content (AvgIpc) is 2.91. The summed E-state index contributed by atoms with van der Waals surface area (Å²) in [4.78, 5) is 7.24. The van der Waals surface area contributed by atoms with Crippen molar-refractivity contribution in [2.45, 2.75) is 33.7 Å². The van der Waals surface area contributed by atoms with Gasteiger partial charge in [0, 0.05) is 15.8 Å². The van der Waals surface area contributed by atoms with Gasteiger partial charge in [0.25, 0.3) is 0 Å². The predicted octanol–water partition coefficient (Wildman–Crippen LogP) is 5.04. The van der Waals surface area contributed by atoms with E-state index in [-0.39, 0.29) is 6.04 Å². The maximum atomic E-state index is 6.18. The zero-order valence-corrected chi connectivity index (χ0v) is 14.3. The fraction of sp³-hybridized carbons (Fsp3) is 0.312. The monoisotopic (exact) mass is 317 g/mol. The molecule has 1 aromatic carbocycles. The third-order valence-electron chi connectivity index (χ3n) is 3.58. The van der Waals surface area contributed by atoms with E-state index in [1.54, 1.807) is 11.3 Å². The molecular formula is C16H19N3S2. The van der Waals surface area contributed by atoms with Crippen molar-refractivity contribution in [3.63, 3.8) is 0 Å². The number of nitrogens with one attached hydrogen (secondary N) is 1. The summed E-state index contributed by atoms with van der Waals surface area (Å²) in [6.07, 6.45) is 0. The molecule has 21 heavy (non-hydrogen) atoms. The molecule has 3 rings (SSSR count). The van der Waals surface area contributed by atoms with E-state index in [1.165, 1.54) is 15.3 Å². The first-order valence-electron chi connectivity index (χ1n) is 6.94. The van der Waals surface area contributed by atoms with Crippen LogP contribution in [0.4, 0.5) is 11.4 Å². The van der Waals surface area contributed by atoms with Crippen molar-refractivity contribution < 1.29 is 0 Å². The Hall–Kier alpha value is -1.59. The molecule has 0 spiro atoms. The molecule has 1 atom stereocenters. The predicted molar refractivity (Wildman–Crippen MR) is 94.6 cm³/mol. The number of anilines is 2. The molecule has 2 aromatic heterocycles. The van der Waals surface area contributed by atoms with E-state index in [1.807, 2.05) is 24.3 Å². The van der Waals surface area contributed by atoms with Crippen molar-refractivity contribution >= 4 is 44.3 Å². The molecule has 3 nitrogen and oxygen atoms in total. The molecule has 0 amide bonds. The number of aromatic nitrogens is 1.